The van der Waals surface area contributed by atoms with Crippen LogP contribution >= 0.6 is 11.6 Å². The van der Waals surface area contributed by atoms with Crippen molar-refractivity contribution in [2.45, 2.75) is 31.1 Å². The quantitative estimate of drug-likeness (QED) is 0.577. The molecule has 0 aliphatic heterocycles. The van der Waals surface area contributed by atoms with Gasteiger partial charge >= 0.3 is 10.1 Å². The van der Waals surface area contributed by atoms with Gasteiger partial charge in [-0.3, -0.25) is 4.79 Å². The summed E-state index contributed by atoms with van der Waals surface area (Å²) in [7, 11) is -4.02. The number of carbonyl (C=O) groups excluding carboxylic acids is 1. The van der Waals surface area contributed by atoms with Crippen LogP contribution in [-0.2, 0) is 14.9 Å². The van der Waals surface area contributed by atoms with Gasteiger partial charge in [0.25, 0.3) is 0 Å². The Morgan fingerprint density at radius 1 is 1.16 bits per heavy atom. The first-order chi connectivity index (χ1) is 11.8. The van der Waals surface area contributed by atoms with Gasteiger partial charge in [0.2, 0.25) is 5.91 Å². The van der Waals surface area contributed by atoms with Crippen molar-refractivity contribution in [3.05, 3.63) is 54.1 Å². The Balaban J connectivity index is 2.27. The van der Waals surface area contributed by atoms with Gasteiger partial charge in [-0.1, -0.05) is 38.1 Å². The minimum atomic E-state index is -4.02. The topological polar surface area (TPSA) is 72.5 Å². The number of amides is 1. The lowest BCUT2D eigenvalue weighted by Crippen LogP contribution is -2.14. The Bertz CT molecular complexity index is 850. The maximum absolute atomic E-state index is 12.6. The molecule has 0 spiro atoms. The van der Waals surface area contributed by atoms with Crippen molar-refractivity contribution in [2.24, 2.45) is 0 Å². The fourth-order valence-corrected chi connectivity index (χ4v) is 3.41. The molecule has 1 amide bonds. The van der Waals surface area contributed by atoms with Crippen molar-refractivity contribution in [3.63, 3.8) is 0 Å². The van der Waals surface area contributed by atoms with Crippen LogP contribution in [0.15, 0.2) is 53.4 Å². The second-order valence-electron chi connectivity index (χ2n) is 5.74. The minimum absolute atomic E-state index is 0.0327. The van der Waals surface area contributed by atoms with Crippen molar-refractivity contribution in [3.8, 4) is 5.75 Å². The highest BCUT2D eigenvalue weighted by Crippen LogP contribution is 2.29. The van der Waals surface area contributed by atoms with E-state index in [1.807, 2.05) is 26.0 Å². The van der Waals surface area contributed by atoms with Crippen LogP contribution in [0.3, 0.4) is 0 Å². The zero-order valence-electron chi connectivity index (χ0n) is 14.0. The van der Waals surface area contributed by atoms with E-state index in [4.69, 9.17) is 15.8 Å². The molecule has 2 aromatic carbocycles. The summed E-state index contributed by atoms with van der Waals surface area (Å²) in [5.41, 5.74) is 1.18. The number of hydrogen-bond acceptors (Lipinski definition) is 4. The zero-order valence-corrected chi connectivity index (χ0v) is 15.6. The van der Waals surface area contributed by atoms with Crippen LogP contribution in [-0.4, -0.2) is 20.2 Å². The molecule has 0 aromatic heterocycles. The van der Waals surface area contributed by atoms with Crippen LogP contribution in [0.5, 0.6) is 5.75 Å². The van der Waals surface area contributed by atoms with Crippen LogP contribution in [0, 0.1) is 0 Å². The van der Waals surface area contributed by atoms with E-state index in [0.29, 0.717) is 11.4 Å². The second kappa shape index (κ2) is 8.36. The van der Waals surface area contributed by atoms with Crippen molar-refractivity contribution in [1.29, 1.82) is 0 Å². The molecule has 5 nitrogen and oxygen atoms in total. The predicted octanol–water partition coefficient (Wildman–Crippen LogP) is 4.15. The Labute approximate surface area is 153 Å². The van der Waals surface area contributed by atoms with Crippen LogP contribution in [0.4, 0.5) is 5.69 Å². The largest absolute Gasteiger partial charge is 0.379 e. The normalized spacial score (nSPS) is 11.4. The first-order valence-corrected chi connectivity index (χ1v) is 9.77. The summed E-state index contributed by atoms with van der Waals surface area (Å²) in [5.74, 6) is 0.330. The Morgan fingerprint density at radius 2 is 1.88 bits per heavy atom. The van der Waals surface area contributed by atoms with E-state index in [0.717, 1.165) is 5.56 Å². The van der Waals surface area contributed by atoms with E-state index in [2.05, 4.69) is 5.32 Å². The van der Waals surface area contributed by atoms with Gasteiger partial charge in [0.15, 0.2) is 0 Å². The monoisotopic (exact) mass is 381 g/mol. The molecule has 2 aromatic rings. The molecule has 7 heteroatoms. The molecule has 0 atom stereocenters. The van der Waals surface area contributed by atoms with Crippen LogP contribution in [0.2, 0.25) is 0 Å². The number of hydrogen-bond donors (Lipinski definition) is 1. The summed E-state index contributed by atoms with van der Waals surface area (Å²) in [6.07, 6.45) is 0.150. The van der Waals surface area contributed by atoms with E-state index in [9.17, 15) is 13.2 Å². The number of anilines is 1. The Morgan fingerprint density at radius 3 is 2.56 bits per heavy atom. The van der Waals surface area contributed by atoms with Crippen molar-refractivity contribution >= 4 is 33.3 Å². The fourth-order valence-electron chi connectivity index (χ4n) is 2.24. The summed E-state index contributed by atoms with van der Waals surface area (Å²) in [4.78, 5) is 11.6. The Kier molecular flexibility index (Phi) is 6.45. The molecule has 0 heterocycles. The van der Waals surface area contributed by atoms with Crippen LogP contribution < -0.4 is 9.50 Å². The molecule has 0 saturated carbocycles. The molecule has 0 aliphatic rings. The third kappa shape index (κ3) is 5.21. The smallest absolute Gasteiger partial charge is 0.339 e. The second-order valence-corrected chi connectivity index (χ2v) is 7.67. The first-order valence-electron chi connectivity index (χ1n) is 7.83. The lowest BCUT2D eigenvalue weighted by atomic mass is 10.0. The molecule has 0 saturated heterocycles. The van der Waals surface area contributed by atoms with Crippen molar-refractivity contribution < 1.29 is 17.4 Å². The van der Waals surface area contributed by atoms with Gasteiger partial charge in [-0.15, -0.1) is 11.6 Å². The lowest BCUT2D eigenvalue weighted by molar-refractivity contribution is -0.115. The van der Waals surface area contributed by atoms with Gasteiger partial charge in [0.1, 0.15) is 10.6 Å². The van der Waals surface area contributed by atoms with Gasteiger partial charge in [0.05, 0.1) is 0 Å². The standard InChI is InChI=1S/C18H20ClNO4S/c1-13(2)16-8-3-4-9-17(16)24-25(22,23)15-7-5-6-14(12-15)20-18(21)10-11-19/h3-9,12-13H,10-11H2,1-2H3,(H,20,21). The fraction of sp³-hybridized carbons (Fsp3) is 0.278. The molecule has 2 rings (SSSR count). The number of para-hydroxylation sites is 1. The number of benzene rings is 2. The maximum atomic E-state index is 12.6. The van der Waals surface area contributed by atoms with E-state index >= 15 is 0 Å². The molecular formula is C18H20ClNO4S. The minimum Gasteiger partial charge on any atom is -0.379 e. The molecule has 0 unspecified atom stereocenters. The Hall–Kier alpha value is -2.05. The average Bonchev–Trinajstić information content (AvgIpc) is 2.55. The first kappa shape index (κ1) is 19.3. The number of rotatable bonds is 7. The molecule has 25 heavy (non-hydrogen) atoms. The number of alkyl halides is 1. The highest BCUT2D eigenvalue weighted by molar-refractivity contribution is 7.87. The van der Waals surface area contributed by atoms with Gasteiger partial charge in [-0.05, 0) is 35.7 Å². The van der Waals surface area contributed by atoms with E-state index in [-0.39, 0.29) is 29.0 Å². The average molecular weight is 382 g/mol. The molecule has 0 bridgehead atoms. The summed E-state index contributed by atoms with van der Waals surface area (Å²) in [6, 6.07) is 12.9. The number of carbonyl (C=O) groups is 1. The number of nitrogens with one attached hydrogen (secondary N) is 1. The van der Waals surface area contributed by atoms with E-state index < -0.39 is 10.1 Å². The molecule has 134 valence electrons. The van der Waals surface area contributed by atoms with Crippen molar-refractivity contribution in [1.82, 2.24) is 0 Å². The highest BCUT2D eigenvalue weighted by Gasteiger charge is 2.20. The molecule has 0 radical (unpaired) electrons. The summed E-state index contributed by atoms with van der Waals surface area (Å²) < 4.78 is 30.5. The summed E-state index contributed by atoms with van der Waals surface area (Å²) >= 11 is 5.52. The lowest BCUT2D eigenvalue weighted by Gasteiger charge is -2.14. The maximum Gasteiger partial charge on any atom is 0.339 e. The predicted molar refractivity (Wildman–Crippen MR) is 98.8 cm³/mol. The molecule has 1 N–H and O–H groups in total. The van der Waals surface area contributed by atoms with Gasteiger partial charge < -0.3 is 9.50 Å². The van der Waals surface area contributed by atoms with E-state index in [1.54, 1.807) is 24.3 Å². The van der Waals surface area contributed by atoms with Gasteiger partial charge in [0, 0.05) is 18.0 Å². The number of halogens is 1. The molecular weight excluding hydrogens is 362 g/mol. The highest BCUT2D eigenvalue weighted by atomic mass is 35.5. The third-order valence-electron chi connectivity index (χ3n) is 3.47. The van der Waals surface area contributed by atoms with E-state index in [1.165, 1.54) is 12.1 Å². The molecule has 0 fully saturated rings. The van der Waals surface area contributed by atoms with Crippen LogP contribution in [0.1, 0.15) is 31.7 Å². The van der Waals surface area contributed by atoms with Crippen molar-refractivity contribution in [2.75, 3.05) is 11.2 Å². The summed E-state index contributed by atoms with van der Waals surface area (Å²) in [6.45, 7) is 3.92. The van der Waals surface area contributed by atoms with Gasteiger partial charge in [-0.2, -0.15) is 8.42 Å². The van der Waals surface area contributed by atoms with Gasteiger partial charge in [-0.25, -0.2) is 0 Å². The van der Waals surface area contributed by atoms with Crippen LogP contribution in [0.25, 0.3) is 0 Å². The molecule has 0 aliphatic carbocycles. The zero-order chi connectivity index (χ0) is 18.4. The SMILES string of the molecule is CC(C)c1ccccc1OS(=O)(=O)c1cccc(NC(=O)CCCl)c1. The third-order valence-corrected chi connectivity index (χ3v) is 4.89. The summed E-state index contributed by atoms with van der Waals surface area (Å²) in [5, 5.41) is 2.61.